The molecule has 1 unspecified atom stereocenters. The van der Waals surface area contributed by atoms with Gasteiger partial charge >= 0.3 is 0 Å². The van der Waals surface area contributed by atoms with Gasteiger partial charge in [0.1, 0.15) is 5.82 Å². The van der Waals surface area contributed by atoms with Crippen LogP contribution in [0.2, 0.25) is 5.02 Å². The lowest BCUT2D eigenvalue weighted by atomic mass is 9.92. The normalized spacial score (nSPS) is 12.0. The SMILES string of the molecule is CC(Cc1ccc(-c2ccc(-c3ccc(Cl)c(F)c3)cc2)cc1)c1ccccc1. The van der Waals surface area contributed by atoms with Crippen LogP contribution in [0.5, 0.6) is 0 Å². The average molecular weight is 401 g/mol. The largest absolute Gasteiger partial charge is 0.205 e. The molecule has 144 valence electrons. The van der Waals surface area contributed by atoms with E-state index in [0.29, 0.717) is 5.92 Å². The summed E-state index contributed by atoms with van der Waals surface area (Å²) in [4.78, 5) is 0. The van der Waals surface area contributed by atoms with E-state index in [4.69, 9.17) is 11.6 Å². The first kappa shape index (κ1) is 19.4. The Morgan fingerprint density at radius 1 is 0.690 bits per heavy atom. The third-order valence-electron chi connectivity index (χ3n) is 5.34. The van der Waals surface area contributed by atoms with Gasteiger partial charge in [-0.15, -0.1) is 0 Å². The molecule has 4 aromatic carbocycles. The topological polar surface area (TPSA) is 0 Å². The first-order valence-electron chi connectivity index (χ1n) is 9.80. The Bertz CT molecular complexity index is 1080. The Morgan fingerprint density at radius 2 is 1.21 bits per heavy atom. The molecule has 1 atom stereocenters. The lowest BCUT2D eigenvalue weighted by Crippen LogP contribution is -1.98. The summed E-state index contributed by atoms with van der Waals surface area (Å²) >= 11 is 5.78. The molecule has 0 nitrogen and oxygen atoms in total. The molecule has 2 heteroatoms. The number of hydrogen-bond acceptors (Lipinski definition) is 0. The zero-order valence-corrected chi connectivity index (χ0v) is 17.0. The fraction of sp³-hybridized carbons (Fsp3) is 0.111. The molecule has 0 aliphatic heterocycles. The molecule has 0 bridgehead atoms. The van der Waals surface area contributed by atoms with Crippen LogP contribution in [-0.2, 0) is 6.42 Å². The van der Waals surface area contributed by atoms with Gasteiger partial charge in [0.15, 0.2) is 0 Å². The molecular weight excluding hydrogens is 379 g/mol. The van der Waals surface area contributed by atoms with Crippen LogP contribution in [0.25, 0.3) is 22.3 Å². The monoisotopic (exact) mass is 400 g/mol. The van der Waals surface area contributed by atoms with Crippen LogP contribution in [-0.4, -0.2) is 0 Å². The summed E-state index contributed by atoms with van der Waals surface area (Å²) in [6, 6.07) is 32.5. The maximum atomic E-state index is 13.7. The second kappa shape index (κ2) is 8.63. The number of halogens is 2. The lowest BCUT2D eigenvalue weighted by molar-refractivity contribution is 0.629. The van der Waals surface area contributed by atoms with E-state index in [1.807, 2.05) is 18.2 Å². The van der Waals surface area contributed by atoms with Crippen molar-refractivity contribution in [2.75, 3.05) is 0 Å². The van der Waals surface area contributed by atoms with E-state index in [2.05, 4.69) is 73.7 Å². The van der Waals surface area contributed by atoms with E-state index >= 15 is 0 Å². The van der Waals surface area contributed by atoms with Crippen molar-refractivity contribution in [1.29, 1.82) is 0 Å². The predicted molar refractivity (Wildman–Crippen MR) is 121 cm³/mol. The molecule has 0 saturated heterocycles. The van der Waals surface area contributed by atoms with Crippen LogP contribution in [0.1, 0.15) is 24.0 Å². The van der Waals surface area contributed by atoms with Gasteiger partial charge in [-0.1, -0.05) is 103 Å². The van der Waals surface area contributed by atoms with Crippen molar-refractivity contribution in [3.8, 4) is 22.3 Å². The first-order chi connectivity index (χ1) is 14.1. The third kappa shape index (κ3) is 4.58. The van der Waals surface area contributed by atoms with Gasteiger partial charge in [0, 0.05) is 0 Å². The zero-order valence-electron chi connectivity index (χ0n) is 16.3. The van der Waals surface area contributed by atoms with Crippen LogP contribution < -0.4 is 0 Å². The minimum absolute atomic E-state index is 0.145. The maximum absolute atomic E-state index is 13.7. The second-order valence-corrected chi connectivity index (χ2v) is 7.83. The van der Waals surface area contributed by atoms with Crippen LogP contribution >= 0.6 is 11.6 Å². The molecule has 29 heavy (non-hydrogen) atoms. The summed E-state index contributed by atoms with van der Waals surface area (Å²) in [7, 11) is 0. The summed E-state index contributed by atoms with van der Waals surface area (Å²) in [6.45, 7) is 2.27. The molecule has 0 radical (unpaired) electrons. The van der Waals surface area contributed by atoms with Crippen molar-refractivity contribution in [3.05, 3.63) is 119 Å². The van der Waals surface area contributed by atoms with Gasteiger partial charge in [-0.25, -0.2) is 4.39 Å². The van der Waals surface area contributed by atoms with Crippen molar-refractivity contribution in [2.24, 2.45) is 0 Å². The fourth-order valence-corrected chi connectivity index (χ4v) is 3.73. The van der Waals surface area contributed by atoms with Crippen LogP contribution in [0.3, 0.4) is 0 Å². The molecule has 0 saturated carbocycles. The van der Waals surface area contributed by atoms with Crippen molar-refractivity contribution < 1.29 is 4.39 Å². The van der Waals surface area contributed by atoms with Crippen molar-refractivity contribution >= 4 is 11.6 Å². The van der Waals surface area contributed by atoms with Gasteiger partial charge in [0.2, 0.25) is 0 Å². The fourth-order valence-electron chi connectivity index (χ4n) is 3.62. The average Bonchev–Trinajstić information content (AvgIpc) is 2.77. The Balaban J connectivity index is 1.48. The summed E-state index contributed by atoms with van der Waals surface area (Å²) < 4.78 is 13.7. The minimum atomic E-state index is -0.395. The summed E-state index contributed by atoms with van der Waals surface area (Å²) in [5.74, 6) is 0.0923. The molecule has 0 aromatic heterocycles. The van der Waals surface area contributed by atoms with Crippen LogP contribution in [0.15, 0.2) is 97.1 Å². The highest BCUT2D eigenvalue weighted by molar-refractivity contribution is 6.30. The summed E-state index contributed by atoms with van der Waals surface area (Å²) in [5.41, 5.74) is 6.81. The van der Waals surface area contributed by atoms with Gasteiger partial charge in [0.05, 0.1) is 5.02 Å². The van der Waals surface area contributed by atoms with Gasteiger partial charge < -0.3 is 0 Å². The molecule has 4 rings (SSSR count). The molecule has 0 heterocycles. The molecule has 0 N–H and O–H groups in total. The Labute approximate surface area is 176 Å². The Hall–Kier alpha value is -2.90. The smallest absolute Gasteiger partial charge is 0.142 e. The predicted octanol–water partition coefficient (Wildman–Crippen LogP) is 8.16. The number of rotatable bonds is 5. The molecule has 0 aliphatic rings. The van der Waals surface area contributed by atoms with Gasteiger partial charge in [0.25, 0.3) is 0 Å². The lowest BCUT2D eigenvalue weighted by Gasteiger charge is -2.12. The molecule has 0 fully saturated rings. The molecule has 0 aliphatic carbocycles. The van der Waals surface area contributed by atoms with Crippen LogP contribution in [0, 0.1) is 5.82 Å². The highest BCUT2D eigenvalue weighted by atomic mass is 35.5. The summed E-state index contributed by atoms with van der Waals surface area (Å²) in [6.07, 6.45) is 1.02. The molecular formula is C27H22ClF. The van der Waals surface area contributed by atoms with Gasteiger partial charge in [-0.3, -0.25) is 0 Å². The van der Waals surface area contributed by atoms with Gasteiger partial charge in [-0.2, -0.15) is 0 Å². The number of hydrogen-bond donors (Lipinski definition) is 0. The van der Waals surface area contributed by atoms with E-state index < -0.39 is 5.82 Å². The van der Waals surface area contributed by atoms with Crippen molar-refractivity contribution in [3.63, 3.8) is 0 Å². The van der Waals surface area contributed by atoms with E-state index in [0.717, 1.165) is 23.1 Å². The van der Waals surface area contributed by atoms with E-state index in [1.165, 1.54) is 22.8 Å². The standard InChI is InChI=1S/C27H22ClF/c1-19(21-5-3-2-4-6-21)17-20-7-9-22(10-8-20)23-11-13-24(14-12-23)25-15-16-26(28)27(29)18-25/h2-16,18-19H,17H2,1H3. The highest BCUT2D eigenvalue weighted by Crippen LogP contribution is 2.28. The Morgan fingerprint density at radius 3 is 1.79 bits per heavy atom. The van der Waals surface area contributed by atoms with Gasteiger partial charge in [-0.05, 0) is 57.9 Å². The van der Waals surface area contributed by atoms with Crippen molar-refractivity contribution in [1.82, 2.24) is 0 Å². The third-order valence-corrected chi connectivity index (χ3v) is 5.64. The van der Waals surface area contributed by atoms with E-state index in [1.54, 1.807) is 6.07 Å². The molecule has 0 amide bonds. The minimum Gasteiger partial charge on any atom is -0.205 e. The molecule has 0 spiro atoms. The van der Waals surface area contributed by atoms with E-state index in [9.17, 15) is 4.39 Å². The highest BCUT2D eigenvalue weighted by Gasteiger charge is 2.07. The Kier molecular flexibility index (Phi) is 5.78. The van der Waals surface area contributed by atoms with Crippen LogP contribution in [0.4, 0.5) is 4.39 Å². The number of benzene rings is 4. The zero-order chi connectivity index (χ0) is 20.2. The maximum Gasteiger partial charge on any atom is 0.142 e. The van der Waals surface area contributed by atoms with E-state index in [-0.39, 0.29) is 5.02 Å². The van der Waals surface area contributed by atoms with Crippen molar-refractivity contribution in [2.45, 2.75) is 19.3 Å². The molecule has 4 aromatic rings. The second-order valence-electron chi connectivity index (χ2n) is 7.42. The summed E-state index contributed by atoms with van der Waals surface area (Å²) in [5, 5.41) is 0.145. The quantitative estimate of drug-likeness (QED) is 0.317. The first-order valence-corrected chi connectivity index (χ1v) is 10.2.